The lowest BCUT2D eigenvalue weighted by atomic mass is 10.2. The summed E-state index contributed by atoms with van der Waals surface area (Å²) in [6.07, 6.45) is 0.148. The van der Waals surface area contributed by atoms with E-state index in [1.54, 1.807) is 18.2 Å². The number of nitriles is 1. The molecule has 0 aliphatic carbocycles. The van der Waals surface area contributed by atoms with Gasteiger partial charge in [-0.25, -0.2) is 0 Å². The molecular weight excluding hydrogens is 284 g/mol. The van der Waals surface area contributed by atoms with Crippen LogP contribution < -0.4 is 10.1 Å². The maximum Gasteiger partial charge on any atom is 0.120 e. The van der Waals surface area contributed by atoms with Crippen LogP contribution in [0.3, 0.4) is 0 Å². The topological polar surface area (TPSA) is 45.0 Å². The molecule has 0 spiro atoms. The summed E-state index contributed by atoms with van der Waals surface area (Å²) in [4.78, 5) is 0. The van der Waals surface area contributed by atoms with E-state index in [4.69, 9.17) is 21.6 Å². The number of halogens is 1. The Labute approximate surface area is 130 Å². The highest BCUT2D eigenvalue weighted by Gasteiger charge is 2.03. The van der Waals surface area contributed by atoms with Gasteiger partial charge in [0.1, 0.15) is 5.75 Å². The summed E-state index contributed by atoms with van der Waals surface area (Å²) in [5.74, 6) is 0.848. The van der Waals surface area contributed by atoms with Gasteiger partial charge >= 0.3 is 0 Å². The van der Waals surface area contributed by atoms with Crippen LogP contribution in [0.4, 0.5) is 5.69 Å². The summed E-state index contributed by atoms with van der Waals surface area (Å²) in [5, 5.41) is 12.8. The first-order valence-electron chi connectivity index (χ1n) is 6.77. The molecule has 0 amide bonds. The van der Waals surface area contributed by atoms with Crippen molar-refractivity contribution in [3.8, 4) is 11.8 Å². The second kappa shape index (κ2) is 7.01. The first-order valence-corrected chi connectivity index (χ1v) is 7.15. The zero-order chi connectivity index (χ0) is 15.2. The van der Waals surface area contributed by atoms with Crippen molar-refractivity contribution in [2.45, 2.75) is 26.5 Å². The molecule has 0 aromatic heterocycles. The van der Waals surface area contributed by atoms with Crippen molar-refractivity contribution >= 4 is 17.3 Å². The van der Waals surface area contributed by atoms with E-state index in [1.165, 1.54) is 0 Å². The molecule has 0 saturated carbocycles. The molecule has 0 radical (unpaired) electrons. The second-order valence-electron chi connectivity index (χ2n) is 4.97. The first kappa shape index (κ1) is 15.2. The molecule has 0 bridgehead atoms. The van der Waals surface area contributed by atoms with E-state index in [-0.39, 0.29) is 6.10 Å². The van der Waals surface area contributed by atoms with Crippen LogP contribution in [0.15, 0.2) is 42.5 Å². The first-order chi connectivity index (χ1) is 10.1. The number of hydrogen-bond acceptors (Lipinski definition) is 3. The van der Waals surface area contributed by atoms with E-state index < -0.39 is 0 Å². The highest BCUT2D eigenvalue weighted by molar-refractivity contribution is 6.33. The molecule has 3 nitrogen and oxygen atoms in total. The summed E-state index contributed by atoms with van der Waals surface area (Å²) in [6.45, 7) is 4.61. The quantitative estimate of drug-likeness (QED) is 0.877. The third kappa shape index (κ3) is 4.40. The Morgan fingerprint density at radius 1 is 1.24 bits per heavy atom. The molecule has 0 aliphatic heterocycles. The van der Waals surface area contributed by atoms with Crippen molar-refractivity contribution in [2.24, 2.45) is 0 Å². The van der Waals surface area contributed by atoms with Crippen molar-refractivity contribution in [1.82, 2.24) is 0 Å². The minimum atomic E-state index is 0.148. The van der Waals surface area contributed by atoms with E-state index >= 15 is 0 Å². The van der Waals surface area contributed by atoms with Gasteiger partial charge in [0.25, 0.3) is 0 Å². The Hall–Kier alpha value is -2.18. The van der Waals surface area contributed by atoms with Crippen LogP contribution in [0.1, 0.15) is 25.0 Å². The molecule has 21 heavy (non-hydrogen) atoms. The van der Waals surface area contributed by atoms with Crippen molar-refractivity contribution in [3.05, 3.63) is 58.6 Å². The number of anilines is 1. The average Bonchev–Trinajstić information content (AvgIpc) is 2.46. The molecule has 1 N–H and O–H groups in total. The number of ether oxygens (including phenoxy) is 1. The minimum absolute atomic E-state index is 0.148. The smallest absolute Gasteiger partial charge is 0.120 e. The lowest BCUT2D eigenvalue weighted by Gasteiger charge is -2.12. The van der Waals surface area contributed by atoms with Crippen molar-refractivity contribution in [2.75, 3.05) is 5.32 Å². The van der Waals surface area contributed by atoms with Gasteiger partial charge in [-0.1, -0.05) is 23.7 Å². The highest BCUT2D eigenvalue weighted by Crippen LogP contribution is 2.24. The van der Waals surface area contributed by atoms with E-state index in [2.05, 4.69) is 11.4 Å². The van der Waals surface area contributed by atoms with Crippen LogP contribution >= 0.6 is 11.6 Å². The van der Waals surface area contributed by atoms with E-state index in [0.717, 1.165) is 17.0 Å². The van der Waals surface area contributed by atoms with Crippen molar-refractivity contribution < 1.29 is 4.74 Å². The Bertz CT molecular complexity index is 662. The molecule has 0 atom stereocenters. The standard InChI is InChI=1S/C17H17ClN2O/c1-12(2)21-15-5-3-4-14(8-15)11-20-17-9-13(10-19)6-7-16(17)18/h3-9,12,20H,11H2,1-2H3. The maximum absolute atomic E-state index is 8.92. The van der Waals surface area contributed by atoms with Crippen LogP contribution in [-0.4, -0.2) is 6.10 Å². The number of nitrogens with zero attached hydrogens (tertiary/aromatic N) is 1. The van der Waals surface area contributed by atoms with Gasteiger partial charge in [-0.15, -0.1) is 0 Å². The van der Waals surface area contributed by atoms with Gasteiger partial charge in [0.05, 0.1) is 28.4 Å². The van der Waals surface area contributed by atoms with Crippen LogP contribution in [0.2, 0.25) is 5.02 Å². The van der Waals surface area contributed by atoms with Gasteiger partial charge in [0.15, 0.2) is 0 Å². The fourth-order valence-electron chi connectivity index (χ4n) is 1.93. The number of nitrogens with one attached hydrogen (secondary N) is 1. The van der Waals surface area contributed by atoms with E-state index in [9.17, 15) is 0 Å². The summed E-state index contributed by atoms with van der Waals surface area (Å²) < 4.78 is 5.67. The molecule has 0 saturated heterocycles. The second-order valence-corrected chi connectivity index (χ2v) is 5.38. The number of rotatable bonds is 5. The zero-order valence-corrected chi connectivity index (χ0v) is 12.8. The molecule has 0 aliphatic rings. The van der Waals surface area contributed by atoms with Crippen molar-refractivity contribution in [3.63, 3.8) is 0 Å². The lowest BCUT2D eigenvalue weighted by Crippen LogP contribution is -2.06. The molecular formula is C17H17ClN2O. The summed E-state index contributed by atoms with van der Waals surface area (Å²) in [6, 6.07) is 15.2. The molecule has 108 valence electrons. The highest BCUT2D eigenvalue weighted by atomic mass is 35.5. The monoisotopic (exact) mass is 300 g/mol. The largest absolute Gasteiger partial charge is 0.491 e. The molecule has 0 unspecified atom stereocenters. The molecule has 2 rings (SSSR count). The van der Waals surface area contributed by atoms with Gasteiger partial charge < -0.3 is 10.1 Å². The summed E-state index contributed by atoms with van der Waals surface area (Å²) in [7, 11) is 0. The maximum atomic E-state index is 8.92. The van der Waals surface area contributed by atoms with Gasteiger partial charge in [-0.3, -0.25) is 0 Å². The zero-order valence-electron chi connectivity index (χ0n) is 12.1. The van der Waals surface area contributed by atoms with E-state index in [0.29, 0.717) is 17.1 Å². The third-order valence-corrected chi connectivity index (χ3v) is 3.18. The minimum Gasteiger partial charge on any atom is -0.491 e. The Morgan fingerprint density at radius 3 is 2.76 bits per heavy atom. The Morgan fingerprint density at radius 2 is 2.05 bits per heavy atom. The van der Waals surface area contributed by atoms with Crippen LogP contribution in [0.25, 0.3) is 0 Å². The van der Waals surface area contributed by atoms with E-state index in [1.807, 2.05) is 38.1 Å². The molecule has 2 aromatic carbocycles. The normalized spacial score (nSPS) is 10.2. The van der Waals surface area contributed by atoms with Gasteiger partial charge in [-0.05, 0) is 49.7 Å². The molecule has 2 aromatic rings. The van der Waals surface area contributed by atoms with Gasteiger partial charge in [-0.2, -0.15) is 5.26 Å². The number of benzene rings is 2. The van der Waals surface area contributed by atoms with Gasteiger partial charge in [0.2, 0.25) is 0 Å². The lowest BCUT2D eigenvalue weighted by molar-refractivity contribution is 0.242. The molecule has 0 fully saturated rings. The summed E-state index contributed by atoms with van der Waals surface area (Å²) in [5.41, 5.74) is 2.43. The van der Waals surface area contributed by atoms with Crippen LogP contribution in [0.5, 0.6) is 5.75 Å². The SMILES string of the molecule is CC(C)Oc1cccc(CNc2cc(C#N)ccc2Cl)c1. The molecule has 4 heteroatoms. The fourth-order valence-corrected chi connectivity index (χ4v) is 2.11. The predicted molar refractivity (Wildman–Crippen MR) is 85.7 cm³/mol. The molecule has 0 heterocycles. The fraction of sp³-hybridized carbons (Fsp3) is 0.235. The summed E-state index contributed by atoms with van der Waals surface area (Å²) >= 11 is 6.12. The van der Waals surface area contributed by atoms with Crippen molar-refractivity contribution in [1.29, 1.82) is 5.26 Å². The number of hydrogen-bond donors (Lipinski definition) is 1. The Balaban J connectivity index is 2.08. The van der Waals surface area contributed by atoms with Crippen LogP contribution in [-0.2, 0) is 6.54 Å². The van der Waals surface area contributed by atoms with Crippen LogP contribution in [0, 0.1) is 11.3 Å². The van der Waals surface area contributed by atoms with Gasteiger partial charge in [0, 0.05) is 6.54 Å². The third-order valence-electron chi connectivity index (χ3n) is 2.85. The average molecular weight is 301 g/mol. The Kier molecular flexibility index (Phi) is 5.08. The predicted octanol–water partition coefficient (Wildman–Crippen LogP) is 4.61.